The van der Waals surface area contributed by atoms with Crippen molar-refractivity contribution >= 4 is 56.6 Å². The zero-order valence-corrected chi connectivity index (χ0v) is 16.7. The molecule has 0 saturated carbocycles. The number of aromatic nitrogens is 3. The van der Waals surface area contributed by atoms with Gasteiger partial charge in [0.25, 0.3) is 5.91 Å². The predicted octanol–water partition coefficient (Wildman–Crippen LogP) is 3.71. The molecule has 0 spiro atoms. The summed E-state index contributed by atoms with van der Waals surface area (Å²) in [4.78, 5) is 28.7. The van der Waals surface area contributed by atoms with Crippen LogP contribution in [0, 0.1) is 0 Å². The van der Waals surface area contributed by atoms with Gasteiger partial charge in [0.05, 0.1) is 11.6 Å². The summed E-state index contributed by atoms with van der Waals surface area (Å²) in [6, 6.07) is 11.5. The fourth-order valence-corrected chi connectivity index (χ4v) is 2.90. The average molecular weight is 469 g/mol. The molecule has 0 atom stereocenters. The van der Waals surface area contributed by atoms with Gasteiger partial charge in [-0.25, -0.2) is 9.67 Å². The highest BCUT2D eigenvalue weighted by Gasteiger charge is 2.19. The van der Waals surface area contributed by atoms with Crippen molar-refractivity contribution in [1.29, 1.82) is 0 Å². The Morgan fingerprint density at radius 1 is 1.15 bits per heavy atom. The van der Waals surface area contributed by atoms with Crippen molar-refractivity contribution in [3.63, 3.8) is 0 Å². The second-order valence-electron chi connectivity index (χ2n) is 5.31. The molecule has 0 radical (unpaired) electrons. The minimum Gasteiger partial charge on any atom is -0.342 e. The number of pyridine rings is 1. The van der Waals surface area contributed by atoms with Gasteiger partial charge in [0, 0.05) is 23.0 Å². The lowest BCUT2D eigenvalue weighted by Gasteiger charge is -2.09. The molecule has 7 nitrogen and oxygen atoms in total. The van der Waals surface area contributed by atoms with Gasteiger partial charge in [0.2, 0.25) is 5.91 Å². The Morgan fingerprint density at radius 2 is 1.89 bits per heavy atom. The summed E-state index contributed by atoms with van der Waals surface area (Å²) in [6.07, 6.45) is 1.54. The molecule has 0 bridgehead atoms. The van der Waals surface area contributed by atoms with Crippen molar-refractivity contribution in [3.8, 4) is 5.82 Å². The van der Waals surface area contributed by atoms with E-state index in [4.69, 9.17) is 23.2 Å². The molecule has 138 valence electrons. The number of amides is 2. The summed E-state index contributed by atoms with van der Waals surface area (Å²) in [5, 5.41) is 10.3. The van der Waals surface area contributed by atoms with Crippen molar-refractivity contribution in [2.75, 3.05) is 11.9 Å². The number of anilines is 1. The maximum atomic E-state index is 12.5. The maximum Gasteiger partial charge on any atom is 0.270 e. The van der Waals surface area contributed by atoms with E-state index < -0.39 is 5.91 Å². The lowest BCUT2D eigenvalue weighted by molar-refractivity contribution is -0.115. The molecule has 0 unspecified atom stereocenters. The van der Waals surface area contributed by atoms with E-state index in [2.05, 4.69) is 36.6 Å². The van der Waals surface area contributed by atoms with Crippen LogP contribution in [-0.4, -0.2) is 33.1 Å². The zero-order valence-electron chi connectivity index (χ0n) is 13.6. The highest BCUT2D eigenvalue weighted by atomic mass is 79.9. The number of nitrogens with one attached hydrogen (secondary N) is 2. The van der Waals surface area contributed by atoms with Gasteiger partial charge in [-0.05, 0) is 52.3 Å². The molecule has 2 aromatic heterocycles. The summed E-state index contributed by atoms with van der Waals surface area (Å²) in [5.74, 6) is -0.575. The third kappa shape index (κ3) is 4.85. The van der Waals surface area contributed by atoms with Gasteiger partial charge in [-0.2, -0.15) is 5.10 Å². The summed E-state index contributed by atoms with van der Waals surface area (Å²) in [7, 11) is 0. The molecule has 2 amide bonds. The molecule has 1 aromatic carbocycles. The van der Waals surface area contributed by atoms with Crippen LogP contribution >= 0.6 is 39.1 Å². The van der Waals surface area contributed by atoms with E-state index in [0.29, 0.717) is 26.2 Å². The van der Waals surface area contributed by atoms with Crippen LogP contribution in [0.2, 0.25) is 10.0 Å². The number of carbonyl (C=O) groups is 2. The second kappa shape index (κ2) is 8.51. The summed E-state index contributed by atoms with van der Waals surface area (Å²) < 4.78 is 1.73. The van der Waals surface area contributed by atoms with Crippen LogP contribution in [0.1, 0.15) is 10.5 Å². The molecule has 10 heteroatoms. The van der Waals surface area contributed by atoms with E-state index in [0.717, 1.165) is 0 Å². The Kier molecular flexibility index (Phi) is 6.10. The Morgan fingerprint density at radius 3 is 2.59 bits per heavy atom. The van der Waals surface area contributed by atoms with Gasteiger partial charge < -0.3 is 10.6 Å². The van der Waals surface area contributed by atoms with E-state index in [-0.39, 0.29) is 18.1 Å². The fourth-order valence-electron chi connectivity index (χ4n) is 2.20. The highest BCUT2D eigenvalue weighted by molar-refractivity contribution is 9.10. The van der Waals surface area contributed by atoms with Gasteiger partial charge in [0.15, 0.2) is 5.82 Å². The molecule has 0 fully saturated rings. The van der Waals surface area contributed by atoms with E-state index >= 15 is 0 Å². The van der Waals surface area contributed by atoms with Crippen LogP contribution in [0.5, 0.6) is 0 Å². The minimum atomic E-state index is -0.499. The Labute approximate surface area is 172 Å². The van der Waals surface area contributed by atoms with Gasteiger partial charge in [-0.1, -0.05) is 23.2 Å². The third-order valence-electron chi connectivity index (χ3n) is 3.39. The molecule has 3 aromatic rings. The first-order valence-corrected chi connectivity index (χ1v) is 9.19. The van der Waals surface area contributed by atoms with Gasteiger partial charge >= 0.3 is 0 Å². The number of benzene rings is 1. The number of carbonyl (C=O) groups excluding carboxylic acids is 2. The molecule has 2 heterocycles. The molecule has 3 rings (SSSR count). The highest BCUT2D eigenvalue weighted by Crippen LogP contribution is 2.21. The molecule has 0 aliphatic carbocycles. The fraction of sp³-hybridized carbons (Fsp3) is 0.0588. The van der Waals surface area contributed by atoms with Crippen molar-refractivity contribution in [2.45, 2.75) is 0 Å². The Bertz CT molecular complexity index is 991. The van der Waals surface area contributed by atoms with Crippen LogP contribution in [0.3, 0.4) is 0 Å². The van der Waals surface area contributed by atoms with Crippen LogP contribution in [0.15, 0.2) is 53.3 Å². The first-order valence-electron chi connectivity index (χ1n) is 7.64. The Balaban J connectivity index is 1.69. The van der Waals surface area contributed by atoms with Gasteiger partial charge in [-0.15, -0.1) is 0 Å². The third-order valence-corrected chi connectivity index (χ3v) is 4.32. The maximum absolute atomic E-state index is 12.5. The van der Waals surface area contributed by atoms with Crippen molar-refractivity contribution in [2.24, 2.45) is 0 Å². The lowest BCUT2D eigenvalue weighted by Crippen LogP contribution is -2.34. The van der Waals surface area contributed by atoms with E-state index in [1.165, 1.54) is 16.9 Å². The number of rotatable bonds is 5. The smallest absolute Gasteiger partial charge is 0.270 e. The molecular formula is C17H12BrCl2N5O2. The lowest BCUT2D eigenvalue weighted by atomic mass is 10.3. The zero-order chi connectivity index (χ0) is 19.4. The van der Waals surface area contributed by atoms with E-state index in [1.54, 1.807) is 36.4 Å². The van der Waals surface area contributed by atoms with Crippen LogP contribution < -0.4 is 10.6 Å². The number of hydrogen-bond donors (Lipinski definition) is 2. The van der Waals surface area contributed by atoms with Gasteiger partial charge in [-0.3, -0.25) is 9.59 Å². The summed E-state index contributed by atoms with van der Waals surface area (Å²) >= 11 is 15.2. The normalized spacial score (nSPS) is 10.5. The Hall–Kier alpha value is -2.42. The molecule has 0 saturated heterocycles. The van der Waals surface area contributed by atoms with Gasteiger partial charge in [0.1, 0.15) is 10.3 Å². The number of halogens is 3. The summed E-state index contributed by atoms with van der Waals surface area (Å²) in [6.45, 7) is -0.222. The largest absolute Gasteiger partial charge is 0.342 e. The standard InChI is InChI=1S/C17H12BrCl2N5O2/c18-14-8-13(25(24-14)16-12(20)2-1-7-21-16)17(27)22-9-15(26)23-11-5-3-10(19)4-6-11/h1-8H,9H2,(H,22,27)(H,23,26). The predicted molar refractivity (Wildman–Crippen MR) is 106 cm³/mol. The molecule has 2 N–H and O–H groups in total. The number of nitrogens with zero attached hydrogens (tertiary/aromatic N) is 3. The van der Waals surface area contributed by atoms with Crippen LogP contribution in [-0.2, 0) is 4.79 Å². The quantitative estimate of drug-likeness (QED) is 0.597. The second-order valence-corrected chi connectivity index (χ2v) is 6.97. The SMILES string of the molecule is O=C(CNC(=O)c1cc(Br)nn1-c1ncccc1Cl)Nc1ccc(Cl)cc1. The topological polar surface area (TPSA) is 88.9 Å². The van der Waals surface area contributed by atoms with Crippen molar-refractivity contribution in [1.82, 2.24) is 20.1 Å². The first-order chi connectivity index (χ1) is 12.9. The number of hydrogen-bond acceptors (Lipinski definition) is 4. The minimum absolute atomic E-state index is 0.182. The van der Waals surface area contributed by atoms with E-state index in [9.17, 15) is 9.59 Å². The molecule has 27 heavy (non-hydrogen) atoms. The molecule has 0 aliphatic heterocycles. The van der Waals surface area contributed by atoms with Crippen LogP contribution in [0.4, 0.5) is 5.69 Å². The monoisotopic (exact) mass is 467 g/mol. The van der Waals surface area contributed by atoms with Crippen molar-refractivity contribution in [3.05, 3.63) is 69.0 Å². The van der Waals surface area contributed by atoms with E-state index in [1.807, 2.05) is 0 Å². The molecular weight excluding hydrogens is 457 g/mol. The molecule has 0 aliphatic rings. The summed E-state index contributed by atoms with van der Waals surface area (Å²) in [5.41, 5.74) is 0.758. The first kappa shape index (κ1) is 19.3. The van der Waals surface area contributed by atoms with Crippen molar-refractivity contribution < 1.29 is 9.59 Å². The average Bonchev–Trinajstić information content (AvgIpc) is 3.03. The van der Waals surface area contributed by atoms with Crippen LogP contribution in [0.25, 0.3) is 5.82 Å².